The zero-order chi connectivity index (χ0) is 11.0. The Morgan fingerprint density at radius 3 is 2.57 bits per heavy atom. The number of hydrogen-bond acceptors (Lipinski definition) is 2. The van der Waals surface area contributed by atoms with Crippen LogP contribution in [0.2, 0.25) is 0 Å². The normalized spacial score (nSPS) is 21.2. The van der Waals surface area contributed by atoms with Crippen molar-refractivity contribution in [3.8, 4) is 0 Å². The molecule has 0 spiro atoms. The molecule has 78 valence electrons. The Morgan fingerprint density at radius 1 is 1.43 bits per heavy atom. The van der Waals surface area contributed by atoms with Crippen LogP contribution in [0, 0.1) is 0 Å². The number of cyclic esters (lactones) is 1. The summed E-state index contributed by atoms with van der Waals surface area (Å²) in [6.07, 6.45) is 6.11. The number of carbonyl (C=O) groups is 1. The fourth-order valence-corrected chi connectivity index (χ4v) is 1.22. The van der Waals surface area contributed by atoms with Crippen molar-refractivity contribution in [1.29, 1.82) is 0 Å². The average Bonchev–Trinajstić information content (AvgIpc) is 2.22. The second-order valence-corrected chi connectivity index (χ2v) is 2.52. The van der Waals surface area contributed by atoms with Gasteiger partial charge in [0.2, 0.25) is 0 Å². The van der Waals surface area contributed by atoms with E-state index in [4.69, 9.17) is 4.74 Å². The molecule has 0 aromatic heterocycles. The van der Waals surface area contributed by atoms with E-state index in [2.05, 4.69) is 6.58 Å². The lowest BCUT2D eigenvalue weighted by molar-refractivity contribution is -0.139. The number of ether oxygens (including phenoxy) is 1. The van der Waals surface area contributed by atoms with E-state index >= 15 is 0 Å². The second kappa shape index (κ2) is 7.13. The molecular formula is C12H18O2. The Labute approximate surface area is 86.0 Å². The third kappa shape index (κ3) is 3.21. The smallest absolute Gasteiger partial charge is 0.338 e. The molecule has 0 atom stereocenters. The Bertz CT molecular complexity index is 259. The molecule has 0 saturated carbocycles. The van der Waals surface area contributed by atoms with Gasteiger partial charge in [0.05, 0.1) is 12.2 Å². The van der Waals surface area contributed by atoms with Crippen LogP contribution in [-0.4, -0.2) is 12.6 Å². The highest BCUT2D eigenvalue weighted by Crippen LogP contribution is 2.20. The molecule has 2 heteroatoms. The summed E-state index contributed by atoms with van der Waals surface area (Å²) in [7, 11) is 0. The zero-order valence-electron chi connectivity index (χ0n) is 9.17. The van der Waals surface area contributed by atoms with Gasteiger partial charge in [-0.2, -0.15) is 0 Å². The van der Waals surface area contributed by atoms with Gasteiger partial charge in [0.15, 0.2) is 0 Å². The van der Waals surface area contributed by atoms with Crippen LogP contribution in [0.1, 0.15) is 27.2 Å². The molecule has 0 N–H and O–H groups in total. The predicted molar refractivity (Wildman–Crippen MR) is 59.0 cm³/mol. The van der Waals surface area contributed by atoms with Gasteiger partial charge in [0.1, 0.15) is 0 Å². The maximum absolute atomic E-state index is 11.1. The molecule has 1 saturated heterocycles. The quantitative estimate of drug-likeness (QED) is 0.474. The molecule has 0 aromatic rings. The number of rotatable bonds is 1. The summed E-state index contributed by atoms with van der Waals surface area (Å²) in [5, 5.41) is 0. The van der Waals surface area contributed by atoms with Crippen molar-refractivity contribution in [3.05, 3.63) is 36.0 Å². The van der Waals surface area contributed by atoms with Crippen LogP contribution in [0.5, 0.6) is 0 Å². The van der Waals surface area contributed by atoms with Gasteiger partial charge in [-0.1, -0.05) is 38.7 Å². The zero-order valence-corrected chi connectivity index (χ0v) is 9.17. The largest absolute Gasteiger partial charge is 0.462 e. The van der Waals surface area contributed by atoms with Gasteiger partial charge in [0, 0.05) is 6.42 Å². The number of hydrogen-bond donors (Lipinski definition) is 0. The Hall–Kier alpha value is -1.31. The Balaban J connectivity index is 0.000000791. The van der Waals surface area contributed by atoms with Gasteiger partial charge >= 0.3 is 5.97 Å². The second-order valence-electron chi connectivity index (χ2n) is 2.52. The fraction of sp³-hybridized carbons (Fsp3) is 0.417. The van der Waals surface area contributed by atoms with E-state index in [0.29, 0.717) is 12.2 Å². The van der Waals surface area contributed by atoms with Gasteiger partial charge in [-0.25, -0.2) is 4.79 Å². The predicted octanol–water partition coefficient (Wildman–Crippen LogP) is 3.02. The van der Waals surface area contributed by atoms with Crippen LogP contribution in [0.3, 0.4) is 0 Å². The SMILES string of the molecule is C=C/C=C1/CCOC(=O)/C1=C/C.CC. The first-order valence-electron chi connectivity index (χ1n) is 4.95. The maximum atomic E-state index is 11.1. The van der Waals surface area contributed by atoms with Gasteiger partial charge in [0.25, 0.3) is 0 Å². The molecule has 1 aliphatic heterocycles. The molecule has 0 radical (unpaired) electrons. The van der Waals surface area contributed by atoms with Crippen LogP contribution in [0.25, 0.3) is 0 Å². The topological polar surface area (TPSA) is 26.3 Å². The molecule has 0 amide bonds. The molecule has 0 aromatic carbocycles. The molecule has 1 fully saturated rings. The highest BCUT2D eigenvalue weighted by Gasteiger charge is 2.19. The molecule has 0 bridgehead atoms. The van der Waals surface area contributed by atoms with E-state index in [9.17, 15) is 4.79 Å². The molecule has 2 nitrogen and oxygen atoms in total. The molecule has 0 aliphatic carbocycles. The van der Waals surface area contributed by atoms with E-state index in [1.54, 1.807) is 12.2 Å². The van der Waals surface area contributed by atoms with Gasteiger partial charge < -0.3 is 4.74 Å². The van der Waals surface area contributed by atoms with Crippen molar-refractivity contribution in [2.45, 2.75) is 27.2 Å². The van der Waals surface area contributed by atoms with Crippen molar-refractivity contribution in [2.24, 2.45) is 0 Å². The Morgan fingerprint density at radius 2 is 2.07 bits per heavy atom. The average molecular weight is 194 g/mol. The van der Waals surface area contributed by atoms with E-state index in [1.807, 2.05) is 26.8 Å². The monoisotopic (exact) mass is 194 g/mol. The molecular weight excluding hydrogens is 176 g/mol. The highest BCUT2D eigenvalue weighted by atomic mass is 16.5. The van der Waals surface area contributed by atoms with Crippen LogP contribution in [0.4, 0.5) is 0 Å². The van der Waals surface area contributed by atoms with Gasteiger partial charge in [-0.3, -0.25) is 0 Å². The Kier molecular flexibility index (Phi) is 6.46. The minimum Gasteiger partial charge on any atom is -0.462 e. The number of allylic oxidation sites excluding steroid dienone is 3. The summed E-state index contributed by atoms with van der Waals surface area (Å²) in [5.74, 6) is -0.225. The van der Waals surface area contributed by atoms with E-state index in [0.717, 1.165) is 12.0 Å². The summed E-state index contributed by atoms with van der Waals surface area (Å²) < 4.78 is 4.88. The molecule has 14 heavy (non-hydrogen) atoms. The van der Waals surface area contributed by atoms with Crippen molar-refractivity contribution in [3.63, 3.8) is 0 Å². The summed E-state index contributed by atoms with van der Waals surface area (Å²) in [5.41, 5.74) is 1.69. The standard InChI is InChI=1S/C10H12O2.C2H6/c1-3-5-8-6-7-12-10(11)9(8)4-2;1-2/h3-5H,1,6-7H2,2H3;1-2H3/b8-5-,9-4+;. The van der Waals surface area contributed by atoms with Crippen LogP contribution in [0.15, 0.2) is 36.0 Å². The summed E-state index contributed by atoms with van der Waals surface area (Å²) in [6.45, 7) is 9.91. The summed E-state index contributed by atoms with van der Waals surface area (Å²) >= 11 is 0. The first-order valence-corrected chi connectivity index (χ1v) is 4.95. The van der Waals surface area contributed by atoms with E-state index in [-0.39, 0.29) is 5.97 Å². The fourth-order valence-electron chi connectivity index (χ4n) is 1.22. The van der Waals surface area contributed by atoms with Crippen LogP contribution >= 0.6 is 0 Å². The first-order chi connectivity index (χ1) is 6.79. The third-order valence-corrected chi connectivity index (χ3v) is 1.78. The van der Waals surface area contributed by atoms with E-state index in [1.165, 1.54) is 0 Å². The highest BCUT2D eigenvalue weighted by molar-refractivity contribution is 5.94. The molecule has 1 rings (SSSR count). The van der Waals surface area contributed by atoms with E-state index < -0.39 is 0 Å². The maximum Gasteiger partial charge on any atom is 0.338 e. The van der Waals surface area contributed by atoms with Crippen molar-refractivity contribution in [1.82, 2.24) is 0 Å². The number of carbonyl (C=O) groups excluding carboxylic acids is 1. The van der Waals surface area contributed by atoms with Gasteiger partial charge in [-0.15, -0.1) is 0 Å². The summed E-state index contributed by atoms with van der Waals surface area (Å²) in [6, 6.07) is 0. The summed E-state index contributed by atoms with van der Waals surface area (Å²) in [4.78, 5) is 11.1. The molecule has 0 unspecified atom stereocenters. The number of esters is 1. The van der Waals surface area contributed by atoms with Crippen molar-refractivity contribution in [2.75, 3.05) is 6.61 Å². The lowest BCUT2D eigenvalue weighted by Crippen LogP contribution is -2.17. The van der Waals surface area contributed by atoms with Crippen LogP contribution in [-0.2, 0) is 9.53 Å². The van der Waals surface area contributed by atoms with Crippen molar-refractivity contribution >= 4 is 5.97 Å². The van der Waals surface area contributed by atoms with Crippen LogP contribution < -0.4 is 0 Å². The molecule has 1 aliphatic rings. The van der Waals surface area contributed by atoms with Gasteiger partial charge in [-0.05, 0) is 12.5 Å². The first kappa shape index (κ1) is 12.7. The molecule has 1 heterocycles. The lowest BCUT2D eigenvalue weighted by atomic mass is 10.0. The lowest BCUT2D eigenvalue weighted by Gasteiger charge is -2.16. The third-order valence-electron chi connectivity index (χ3n) is 1.78. The van der Waals surface area contributed by atoms with Crippen molar-refractivity contribution < 1.29 is 9.53 Å². The minimum atomic E-state index is -0.225. The minimum absolute atomic E-state index is 0.225.